The third-order valence-electron chi connectivity index (χ3n) is 3.20. The average Bonchev–Trinajstić information content (AvgIpc) is 2.77. The molecule has 0 aliphatic heterocycles. The summed E-state index contributed by atoms with van der Waals surface area (Å²) >= 11 is 0. The zero-order chi connectivity index (χ0) is 15.3. The van der Waals surface area contributed by atoms with Crippen molar-refractivity contribution in [3.05, 3.63) is 17.6 Å². The van der Waals surface area contributed by atoms with E-state index in [1.54, 1.807) is 6.92 Å². The number of hydrogen-bond acceptors (Lipinski definition) is 5. The van der Waals surface area contributed by atoms with E-state index in [4.69, 9.17) is 10.2 Å². The first-order chi connectivity index (χ1) is 9.33. The Hall–Kier alpha value is -0.890. The second-order valence-corrected chi connectivity index (χ2v) is 6.53. The number of nitrogens with two attached hydrogens (primary N) is 1. The summed E-state index contributed by atoms with van der Waals surface area (Å²) in [5, 5.41) is 0. The van der Waals surface area contributed by atoms with Gasteiger partial charge in [0.15, 0.2) is 0 Å². The van der Waals surface area contributed by atoms with Crippen LogP contribution in [0.15, 0.2) is 15.4 Å². The Morgan fingerprint density at radius 2 is 2.00 bits per heavy atom. The molecule has 116 valence electrons. The van der Waals surface area contributed by atoms with Crippen molar-refractivity contribution in [2.45, 2.75) is 45.2 Å². The molecule has 0 bridgehead atoms. The first-order valence-electron chi connectivity index (χ1n) is 6.88. The summed E-state index contributed by atoms with van der Waals surface area (Å²) in [6.45, 7) is 10.2. The van der Waals surface area contributed by atoms with E-state index in [1.165, 1.54) is 6.07 Å². The van der Waals surface area contributed by atoms with Crippen molar-refractivity contribution in [3.8, 4) is 0 Å². The van der Waals surface area contributed by atoms with Gasteiger partial charge in [0.1, 0.15) is 16.4 Å². The second kappa shape index (κ2) is 7.21. The maximum absolute atomic E-state index is 12.3. The van der Waals surface area contributed by atoms with Gasteiger partial charge in [-0.3, -0.25) is 0 Å². The highest BCUT2D eigenvalue weighted by Gasteiger charge is 2.23. The zero-order valence-electron chi connectivity index (χ0n) is 12.6. The first kappa shape index (κ1) is 17.2. The van der Waals surface area contributed by atoms with Crippen molar-refractivity contribution in [3.63, 3.8) is 0 Å². The molecule has 0 saturated heterocycles. The number of nitrogens with one attached hydrogen (secondary N) is 1. The fourth-order valence-electron chi connectivity index (χ4n) is 2.13. The number of likely N-dealkylation sites (N-methyl/N-ethyl adjacent to an activating group) is 1. The van der Waals surface area contributed by atoms with Crippen molar-refractivity contribution in [1.82, 2.24) is 9.62 Å². The molecule has 3 N–H and O–H groups in total. The van der Waals surface area contributed by atoms with Crippen LogP contribution in [0, 0.1) is 6.92 Å². The monoisotopic (exact) mass is 303 g/mol. The molecule has 7 heteroatoms. The van der Waals surface area contributed by atoms with E-state index in [0.29, 0.717) is 18.1 Å². The lowest BCUT2D eigenvalue weighted by Crippen LogP contribution is -2.41. The van der Waals surface area contributed by atoms with Crippen LogP contribution in [0.2, 0.25) is 0 Å². The lowest BCUT2D eigenvalue weighted by Gasteiger charge is -2.23. The quantitative estimate of drug-likeness (QED) is 0.749. The van der Waals surface area contributed by atoms with Crippen molar-refractivity contribution in [2.24, 2.45) is 5.73 Å². The van der Waals surface area contributed by atoms with Crippen LogP contribution < -0.4 is 10.5 Å². The molecule has 0 saturated carbocycles. The van der Waals surface area contributed by atoms with E-state index < -0.39 is 10.0 Å². The van der Waals surface area contributed by atoms with Crippen LogP contribution in [0.4, 0.5) is 0 Å². The van der Waals surface area contributed by atoms with Crippen molar-refractivity contribution < 1.29 is 12.8 Å². The van der Waals surface area contributed by atoms with E-state index in [1.807, 2.05) is 6.92 Å². The highest BCUT2D eigenvalue weighted by Crippen LogP contribution is 2.19. The molecule has 6 nitrogen and oxygen atoms in total. The molecule has 1 unspecified atom stereocenters. The lowest BCUT2D eigenvalue weighted by atomic mass is 10.3. The van der Waals surface area contributed by atoms with E-state index in [9.17, 15) is 8.42 Å². The Bertz CT molecular complexity index is 521. The Kier molecular flexibility index (Phi) is 6.19. The third kappa shape index (κ3) is 4.31. The fourth-order valence-corrected chi connectivity index (χ4v) is 3.56. The van der Waals surface area contributed by atoms with Crippen LogP contribution in [0.5, 0.6) is 0 Å². The number of nitrogens with zero attached hydrogens (tertiary/aromatic N) is 1. The zero-order valence-corrected chi connectivity index (χ0v) is 13.5. The molecule has 1 rings (SSSR count). The average molecular weight is 303 g/mol. The first-order valence-corrected chi connectivity index (χ1v) is 8.36. The molecular weight excluding hydrogens is 278 g/mol. The largest absolute Gasteiger partial charge is 0.464 e. The standard InChI is InChI=1S/C13H25N3O3S/c1-5-16(6-2)9-10(3)15-20(17,18)13-7-12(8-14)19-11(13)4/h7,10,15H,5-6,8-9,14H2,1-4H3. The maximum atomic E-state index is 12.3. The van der Waals surface area contributed by atoms with Gasteiger partial charge in [0.2, 0.25) is 10.0 Å². The molecule has 0 aromatic carbocycles. The van der Waals surface area contributed by atoms with Gasteiger partial charge in [-0.25, -0.2) is 13.1 Å². The number of furan rings is 1. The molecule has 0 radical (unpaired) electrons. The highest BCUT2D eigenvalue weighted by atomic mass is 32.2. The van der Waals surface area contributed by atoms with Crippen molar-refractivity contribution in [1.29, 1.82) is 0 Å². The molecule has 0 aliphatic rings. The highest BCUT2D eigenvalue weighted by molar-refractivity contribution is 7.89. The number of rotatable bonds is 8. The maximum Gasteiger partial charge on any atom is 0.244 e. The van der Waals surface area contributed by atoms with Gasteiger partial charge in [0.25, 0.3) is 0 Å². The molecule has 1 aromatic heterocycles. The summed E-state index contributed by atoms with van der Waals surface area (Å²) in [5.74, 6) is 0.840. The summed E-state index contributed by atoms with van der Waals surface area (Å²) in [5.41, 5.74) is 5.46. The Morgan fingerprint density at radius 1 is 1.40 bits per heavy atom. The number of sulfonamides is 1. The van der Waals surface area contributed by atoms with Gasteiger partial charge in [-0.2, -0.15) is 0 Å². The SMILES string of the molecule is CCN(CC)CC(C)NS(=O)(=O)c1cc(CN)oc1C. The molecule has 1 aromatic rings. The summed E-state index contributed by atoms with van der Waals surface area (Å²) in [6.07, 6.45) is 0. The van der Waals surface area contributed by atoms with Gasteiger partial charge in [-0.05, 0) is 26.9 Å². The summed E-state index contributed by atoms with van der Waals surface area (Å²) in [7, 11) is -3.57. The summed E-state index contributed by atoms with van der Waals surface area (Å²) in [4.78, 5) is 2.34. The smallest absolute Gasteiger partial charge is 0.244 e. The Labute approximate surface area is 121 Å². The van der Waals surface area contributed by atoms with E-state index in [0.717, 1.165) is 13.1 Å². The predicted molar refractivity (Wildman–Crippen MR) is 78.9 cm³/mol. The molecule has 0 aliphatic carbocycles. The second-order valence-electron chi connectivity index (χ2n) is 4.85. The van der Waals surface area contributed by atoms with E-state index in [-0.39, 0.29) is 17.5 Å². The van der Waals surface area contributed by atoms with Gasteiger partial charge < -0.3 is 15.1 Å². The molecule has 1 heterocycles. The van der Waals surface area contributed by atoms with Gasteiger partial charge in [-0.1, -0.05) is 13.8 Å². The summed E-state index contributed by atoms with van der Waals surface area (Å²) < 4.78 is 32.6. The van der Waals surface area contributed by atoms with Crippen LogP contribution in [0.25, 0.3) is 0 Å². The van der Waals surface area contributed by atoms with Gasteiger partial charge >= 0.3 is 0 Å². The normalized spacial score (nSPS) is 13.9. The van der Waals surface area contributed by atoms with Crippen LogP contribution in [0.3, 0.4) is 0 Å². The minimum atomic E-state index is -3.57. The van der Waals surface area contributed by atoms with Crippen molar-refractivity contribution >= 4 is 10.0 Å². The predicted octanol–water partition coefficient (Wildman–Crippen LogP) is 1.06. The summed E-state index contributed by atoms with van der Waals surface area (Å²) in [6, 6.07) is 1.32. The topological polar surface area (TPSA) is 88.6 Å². The van der Waals surface area contributed by atoms with Crippen LogP contribution in [-0.2, 0) is 16.6 Å². The van der Waals surface area contributed by atoms with Gasteiger partial charge in [0.05, 0.1) is 6.54 Å². The van der Waals surface area contributed by atoms with E-state index in [2.05, 4.69) is 23.5 Å². The number of aryl methyl sites for hydroxylation is 1. The molecule has 0 spiro atoms. The lowest BCUT2D eigenvalue weighted by molar-refractivity contribution is 0.282. The Balaban J connectivity index is 2.81. The van der Waals surface area contributed by atoms with Crippen molar-refractivity contribution in [2.75, 3.05) is 19.6 Å². The molecule has 1 atom stereocenters. The Morgan fingerprint density at radius 3 is 2.45 bits per heavy atom. The minimum absolute atomic E-state index is 0.171. The van der Waals surface area contributed by atoms with Crippen LogP contribution >= 0.6 is 0 Å². The van der Waals surface area contributed by atoms with Gasteiger partial charge in [0, 0.05) is 18.7 Å². The van der Waals surface area contributed by atoms with E-state index >= 15 is 0 Å². The van der Waals surface area contributed by atoms with Crippen LogP contribution in [-0.4, -0.2) is 39.0 Å². The third-order valence-corrected chi connectivity index (χ3v) is 4.89. The minimum Gasteiger partial charge on any atom is -0.464 e. The molecule has 0 amide bonds. The molecule has 20 heavy (non-hydrogen) atoms. The molecule has 0 fully saturated rings. The fraction of sp³-hybridized carbons (Fsp3) is 0.692. The van der Waals surface area contributed by atoms with Crippen LogP contribution in [0.1, 0.15) is 32.3 Å². The molecular formula is C13H25N3O3S. The number of hydrogen-bond donors (Lipinski definition) is 2. The van der Waals surface area contributed by atoms with Gasteiger partial charge in [-0.15, -0.1) is 0 Å².